The fraction of sp³-hybridized carbons (Fsp3) is 0.533. The highest BCUT2D eigenvalue weighted by atomic mass is 35.5. The Hall–Kier alpha value is -1.06. The Kier molecular flexibility index (Phi) is 3.27. The molecular weight excluding hydrogens is 260 g/mol. The zero-order chi connectivity index (χ0) is 13.6. The summed E-state index contributed by atoms with van der Waals surface area (Å²) in [6.45, 7) is 6.34. The standard InChI is InChI=1S/C15H19ClN2O/c1-10(2)17-8-14-7-13(17)9-18(14)15(19)11-3-5-12(16)6-4-11/h3-6,10,13-14H,7-9H2,1-2H3/t13-,14-/m1/s1. The predicted octanol–water partition coefficient (Wildman–Crippen LogP) is 2.65. The average molecular weight is 279 g/mol. The van der Waals surface area contributed by atoms with Crippen LogP contribution in [0.4, 0.5) is 0 Å². The molecule has 4 heteroatoms. The van der Waals surface area contributed by atoms with Gasteiger partial charge in [-0.3, -0.25) is 9.69 Å². The van der Waals surface area contributed by atoms with Gasteiger partial charge in [0.05, 0.1) is 0 Å². The molecule has 1 aromatic carbocycles. The zero-order valence-corrected chi connectivity index (χ0v) is 12.1. The number of halogens is 1. The minimum Gasteiger partial charge on any atom is -0.333 e. The van der Waals surface area contributed by atoms with Crippen LogP contribution in [0, 0.1) is 0 Å². The number of fused-ring (bicyclic) bond motifs is 2. The third-order valence-electron chi connectivity index (χ3n) is 4.30. The molecule has 2 fully saturated rings. The molecule has 2 aliphatic heterocycles. The highest BCUT2D eigenvalue weighted by Crippen LogP contribution is 2.33. The number of rotatable bonds is 2. The van der Waals surface area contributed by atoms with Crippen LogP contribution in [0.3, 0.4) is 0 Å². The Bertz CT molecular complexity index is 485. The Morgan fingerprint density at radius 2 is 1.89 bits per heavy atom. The first-order valence-corrected chi connectivity index (χ1v) is 7.26. The second-order valence-electron chi connectivity index (χ2n) is 5.80. The number of carbonyl (C=O) groups is 1. The van der Waals surface area contributed by atoms with Crippen LogP contribution in [0.25, 0.3) is 0 Å². The molecule has 102 valence electrons. The Morgan fingerprint density at radius 3 is 2.42 bits per heavy atom. The van der Waals surface area contributed by atoms with Crippen molar-refractivity contribution in [3.8, 4) is 0 Å². The molecule has 0 aromatic heterocycles. The highest BCUT2D eigenvalue weighted by Gasteiger charge is 2.45. The van der Waals surface area contributed by atoms with E-state index in [2.05, 4.69) is 18.7 Å². The molecule has 19 heavy (non-hydrogen) atoms. The summed E-state index contributed by atoms with van der Waals surface area (Å²) >= 11 is 5.86. The summed E-state index contributed by atoms with van der Waals surface area (Å²) in [5, 5.41) is 0.672. The van der Waals surface area contributed by atoms with Crippen LogP contribution in [0.1, 0.15) is 30.6 Å². The number of piperazine rings is 1. The van der Waals surface area contributed by atoms with Crippen molar-refractivity contribution in [1.82, 2.24) is 9.80 Å². The van der Waals surface area contributed by atoms with E-state index in [1.54, 1.807) is 12.1 Å². The molecule has 3 rings (SSSR count). The van der Waals surface area contributed by atoms with Gasteiger partial charge in [-0.2, -0.15) is 0 Å². The molecule has 0 radical (unpaired) electrons. The molecule has 2 atom stereocenters. The van der Waals surface area contributed by atoms with Crippen LogP contribution in [0.15, 0.2) is 24.3 Å². The first kappa shape index (κ1) is 12.9. The maximum absolute atomic E-state index is 12.5. The van der Waals surface area contributed by atoms with Gasteiger partial charge in [-0.15, -0.1) is 0 Å². The van der Waals surface area contributed by atoms with Crippen LogP contribution in [0.5, 0.6) is 0 Å². The van der Waals surface area contributed by atoms with E-state index in [-0.39, 0.29) is 5.91 Å². The number of hydrogen-bond acceptors (Lipinski definition) is 2. The monoisotopic (exact) mass is 278 g/mol. The highest BCUT2D eigenvalue weighted by molar-refractivity contribution is 6.30. The van der Waals surface area contributed by atoms with E-state index >= 15 is 0 Å². The van der Waals surface area contributed by atoms with Crippen molar-refractivity contribution in [3.05, 3.63) is 34.9 Å². The topological polar surface area (TPSA) is 23.6 Å². The van der Waals surface area contributed by atoms with E-state index in [0.29, 0.717) is 23.1 Å². The van der Waals surface area contributed by atoms with Gasteiger partial charge < -0.3 is 4.90 Å². The van der Waals surface area contributed by atoms with Gasteiger partial charge in [-0.1, -0.05) is 11.6 Å². The van der Waals surface area contributed by atoms with Crippen molar-refractivity contribution < 1.29 is 4.79 Å². The molecule has 0 saturated carbocycles. The van der Waals surface area contributed by atoms with Crippen molar-refractivity contribution >= 4 is 17.5 Å². The van der Waals surface area contributed by atoms with E-state index < -0.39 is 0 Å². The lowest BCUT2D eigenvalue weighted by molar-refractivity contribution is 0.0583. The van der Waals surface area contributed by atoms with Gasteiger partial charge in [0.1, 0.15) is 0 Å². The van der Waals surface area contributed by atoms with Crippen molar-refractivity contribution in [1.29, 1.82) is 0 Å². The van der Waals surface area contributed by atoms with E-state index in [1.165, 1.54) is 0 Å². The fourth-order valence-electron chi connectivity index (χ4n) is 3.34. The third-order valence-corrected chi connectivity index (χ3v) is 4.55. The van der Waals surface area contributed by atoms with E-state index in [9.17, 15) is 4.79 Å². The summed E-state index contributed by atoms with van der Waals surface area (Å²) in [6.07, 6.45) is 1.12. The zero-order valence-electron chi connectivity index (χ0n) is 11.3. The first-order chi connectivity index (χ1) is 9.06. The molecular formula is C15H19ClN2O. The fourth-order valence-corrected chi connectivity index (χ4v) is 3.46. The summed E-state index contributed by atoms with van der Waals surface area (Å²) in [6, 6.07) is 8.69. The van der Waals surface area contributed by atoms with Gasteiger partial charge >= 0.3 is 0 Å². The Morgan fingerprint density at radius 1 is 1.21 bits per heavy atom. The molecule has 0 N–H and O–H groups in total. The van der Waals surface area contributed by atoms with Gasteiger partial charge in [-0.25, -0.2) is 0 Å². The quantitative estimate of drug-likeness (QED) is 0.830. The molecule has 2 bridgehead atoms. The SMILES string of the molecule is CC(C)N1C[C@H]2C[C@@H]1CN2C(=O)c1ccc(Cl)cc1. The smallest absolute Gasteiger partial charge is 0.254 e. The average Bonchev–Trinajstić information content (AvgIpc) is 2.98. The number of carbonyl (C=O) groups excluding carboxylic acids is 1. The molecule has 0 unspecified atom stereocenters. The van der Waals surface area contributed by atoms with Crippen LogP contribution < -0.4 is 0 Å². The lowest BCUT2D eigenvalue weighted by Crippen LogP contribution is -2.50. The molecule has 0 spiro atoms. The van der Waals surface area contributed by atoms with Gasteiger partial charge in [0.2, 0.25) is 0 Å². The molecule has 2 aliphatic rings. The summed E-state index contributed by atoms with van der Waals surface area (Å²) in [4.78, 5) is 17.0. The second kappa shape index (κ2) is 4.80. The first-order valence-electron chi connectivity index (χ1n) is 6.88. The largest absolute Gasteiger partial charge is 0.333 e. The van der Waals surface area contributed by atoms with Gasteiger partial charge in [0.15, 0.2) is 0 Å². The second-order valence-corrected chi connectivity index (χ2v) is 6.23. The number of likely N-dealkylation sites (tertiary alicyclic amines) is 2. The summed E-state index contributed by atoms with van der Waals surface area (Å²) in [5.41, 5.74) is 0.744. The molecule has 2 heterocycles. The maximum Gasteiger partial charge on any atom is 0.254 e. The lowest BCUT2D eigenvalue weighted by Gasteiger charge is -2.36. The minimum atomic E-state index is 0.146. The van der Waals surface area contributed by atoms with Crippen LogP contribution in [0.2, 0.25) is 5.02 Å². The van der Waals surface area contributed by atoms with Crippen molar-refractivity contribution in [2.24, 2.45) is 0 Å². The van der Waals surface area contributed by atoms with Crippen molar-refractivity contribution in [2.75, 3.05) is 13.1 Å². The third kappa shape index (κ3) is 2.26. The van der Waals surface area contributed by atoms with Gasteiger partial charge in [0.25, 0.3) is 5.91 Å². The van der Waals surface area contributed by atoms with Gasteiger partial charge in [-0.05, 0) is 44.5 Å². The lowest BCUT2D eigenvalue weighted by atomic mass is 10.1. The predicted molar refractivity (Wildman–Crippen MR) is 76.5 cm³/mol. The van der Waals surface area contributed by atoms with Crippen molar-refractivity contribution in [2.45, 2.75) is 38.4 Å². The number of hydrogen-bond donors (Lipinski definition) is 0. The number of nitrogens with zero attached hydrogens (tertiary/aromatic N) is 2. The molecule has 3 nitrogen and oxygen atoms in total. The normalized spacial score (nSPS) is 26.4. The number of benzene rings is 1. The van der Waals surface area contributed by atoms with Gasteiger partial charge in [0, 0.05) is 41.8 Å². The summed E-state index contributed by atoms with van der Waals surface area (Å²) < 4.78 is 0. The van der Waals surface area contributed by atoms with E-state index in [4.69, 9.17) is 11.6 Å². The number of amides is 1. The molecule has 1 aromatic rings. The molecule has 0 aliphatic carbocycles. The van der Waals surface area contributed by atoms with Crippen LogP contribution in [-0.4, -0.2) is 46.9 Å². The minimum absolute atomic E-state index is 0.146. The molecule has 1 amide bonds. The van der Waals surface area contributed by atoms with Crippen molar-refractivity contribution in [3.63, 3.8) is 0 Å². The maximum atomic E-state index is 12.5. The molecule has 2 saturated heterocycles. The van der Waals surface area contributed by atoms with E-state index in [0.717, 1.165) is 25.1 Å². The van der Waals surface area contributed by atoms with Crippen LogP contribution in [-0.2, 0) is 0 Å². The Balaban J connectivity index is 1.73. The summed E-state index contributed by atoms with van der Waals surface area (Å²) in [5.74, 6) is 0.146. The Labute approximate surface area is 119 Å². The van der Waals surface area contributed by atoms with E-state index in [1.807, 2.05) is 17.0 Å². The summed E-state index contributed by atoms with van der Waals surface area (Å²) in [7, 11) is 0. The van der Waals surface area contributed by atoms with Crippen LogP contribution >= 0.6 is 11.6 Å².